The molecule has 108 valence electrons. The van der Waals surface area contributed by atoms with Gasteiger partial charge in [-0.3, -0.25) is 0 Å². The predicted octanol–water partition coefficient (Wildman–Crippen LogP) is 3.87. The summed E-state index contributed by atoms with van der Waals surface area (Å²) >= 11 is 5.98. The first kappa shape index (κ1) is 13.8. The number of hydrogen-bond donors (Lipinski definition) is 0. The predicted molar refractivity (Wildman–Crippen MR) is 81.0 cm³/mol. The number of halogens is 1. The van der Waals surface area contributed by atoms with Gasteiger partial charge in [-0.15, -0.1) is 0 Å². The van der Waals surface area contributed by atoms with Crippen LogP contribution in [0.3, 0.4) is 0 Å². The van der Waals surface area contributed by atoms with Crippen LogP contribution in [-0.4, -0.2) is 19.6 Å². The van der Waals surface area contributed by atoms with Crippen molar-refractivity contribution >= 4 is 17.4 Å². The molecule has 3 aromatic rings. The minimum absolute atomic E-state index is 0.0534. The molecule has 0 saturated carbocycles. The van der Waals surface area contributed by atoms with E-state index in [1.165, 1.54) is 16.4 Å². The molecule has 21 heavy (non-hydrogen) atoms. The minimum atomic E-state index is 0.0534. The Morgan fingerprint density at radius 1 is 1.19 bits per heavy atom. The Hall–Kier alpha value is -2.14. The maximum Gasteiger partial charge on any atom is 0.256 e. The Morgan fingerprint density at radius 3 is 2.76 bits per heavy atom. The van der Waals surface area contributed by atoms with Crippen LogP contribution in [0, 0.1) is 0 Å². The quantitative estimate of drug-likeness (QED) is 0.674. The van der Waals surface area contributed by atoms with E-state index in [1.54, 1.807) is 6.07 Å². The van der Waals surface area contributed by atoms with Crippen molar-refractivity contribution in [1.29, 1.82) is 0 Å². The Labute approximate surface area is 127 Å². The van der Waals surface area contributed by atoms with Crippen LogP contribution in [0.15, 0.2) is 36.7 Å². The SMILES string of the molecule is CC(C)(C)c1cccc(Oc2cc(Cl)nc3ncnn23)c1. The van der Waals surface area contributed by atoms with Gasteiger partial charge in [0, 0.05) is 6.07 Å². The van der Waals surface area contributed by atoms with Crippen molar-refractivity contribution in [3.05, 3.63) is 47.4 Å². The van der Waals surface area contributed by atoms with Gasteiger partial charge >= 0.3 is 0 Å². The summed E-state index contributed by atoms with van der Waals surface area (Å²) in [6.45, 7) is 6.47. The zero-order valence-corrected chi connectivity index (χ0v) is 12.8. The van der Waals surface area contributed by atoms with E-state index in [2.05, 4.69) is 41.9 Å². The third-order valence-corrected chi connectivity index (χ3v) is 3.30. The fourth-order valence-corrected chi connectivity index (χ4v) is 2.15. The first-order chi connectivity index (χ1) is 9.93. The smallest absolute Gasteiger partial charge is 0.256 e. The van der Waals surface area contributed by atoms with Crippen LogP contribution in [-0.2, 0) is 5.41 Å². The fraction of sp³-hybridized carbons (Fsp3) is 0.267. The van der Waals surface area contributed by atoms with Gasteiger partial charge in [0.05, 0.1) is 0 Å². The van der Waals surface area contributed by atoms with Crippen molar-refractivity contribution in [2.75, 3.05) is 0 Å². The lowest BCUT2D eigenvalue weighted by Gasteiger charge is -2.19. The molecule has 0 unspecified atom stereocenters. The lowest BCUT2D eigenvalue weighted by molar-refractivity contribution is 0.443. The average Bonchev–Trinajstić information content (AvgIpc) is 2.86. The van der Waals surface area contributed by atoms with Crippen LogP contribution in [0.4, 0.5) is 0 Å². The zero-order valence-electron chi connectivity index (χ0n) is 12.0. The molecule has 0 radical (unpaired) electrons. The Kier molecular flexibility index (Phi) is 3.29. The van der Waals surface area contributed by atoms with Gasteiger partial charge in [-0.1, -0.05) is 44.5 Å². The van der Waals surface area contributed by atoms with E-state index in [0.29, 0.717) is 16.8 Å². The van der Waals surface area contributed by atoms with Crippen molar-refractivity contribution in [3.8, 4) is 11.6 Å². The molecule has 5 nitrogen and oxygen atoms in total. The maximum atomic E-state index is 5.98. The second kappa shape index (κ2) is 5.00. The van der Waals surface area contributed by atoms with Crippen molar-refractivity contribution in [1.82, 2.24) is 19.6 Å². The summed E-state index contributed by atoms with van der Waals surface area (Å²) < 4.78 is 7.41. The Balaban J connectivity index is 2.01. The van der Waals surface area contributed by atoms with E-state index in [0.717, 1.165) is 5.75 Å². The van der Waals surface area contributed by atoms with Gasteiger partial charge in [-0.2, -0.15) is 19.6 Å². The first-order valence-corrected chi connectivity index (χ1v) is 6.96. The topological polar surface area (TPSA) is 52.3 Å². The third-order valence-electron chi connectivity index (χ3n) is 3.11. The Morgan fingerprint density at radius 2 is 2.00 bits per heavy atom. The normalized spacial score (nSPS) is 11.8. The highest BCUT2D eigenvalue weighted by molar-refractivity contribution is 6.29. The number of fused-ring (bicyclic) bond motifs is 1. The van der Waals surface area contributed by atoms with E-state index < -0.39 is 0 Å². The summed E-state index contributed by atoms with van der Waals surface area (Å²) in [6.07, 6.45) is 1.41. The zero-order chi connectivity index (χ0) is 15.0. The van der Waals surface area contributed by atoms with Crippen LogP contribution >= 0.6 is 11.6 Å². The molecule has 0 aliphatic carbocycles. The van der Waals surface area contributed by atoms with E-state index >= 15 is 0 Å². The molecule has 2 heterocycles. The third kappa shape index (κ3) is 2.83. The summed E-state index contributed by atoms with van der Waals surface area (Å²) in [5, 5.41) is 4.40. The average molecular weight is 303 g/mol. The highest BCUT2D eigenvalue weighted by Gasteiger charge is 2.15. The summed E-state index contributed by atoms with van der Waals surface area (Å²) in [7, 11) is 0. The summed E-state index contributed by atoms with van der Waals surface area (Å²) in [6, 6.07) is 9.57. The lowest BCUT2D eigenvalue weighted by Crippen LogP contribution is -2.10. The van der Waals surface area contributed by atoms with Crippen molar-refractivity contribution in [2.45, 2.75) is 26.2 Å². The molecular weight excluding hydrogens is 288 g/mol. The first-order valence-electron chi connectivity index (χ1n) is 6.58. The molecular formula is C15H15ClN4O. The van der Waals surface area contributed by atoms with Gasteiger partial charge < -0.3 is 4.74 Å². The van der Waals surface area contributed by atoms with E-state index in [-0.39, 0.29) is 5.41 Å². The van der Waals surface area contributed by atoms with E-state index in [1.807, 2.05) is 18.2 Å². The van der Waals surface area contributed by atoms with Gasteiger partial charge in [-0.05, 0) is 23.1 Å². The molecule has 0 aliphatic rings. The second-order valence-electron chi connectivity index (χ2n) is 5.77. The molecule has 0 bridgehead atoms. The van der Waals surface area contributed by atoms with Gasteiger partial charge in [0.15, 0.2) is 0 Å². The molecule has 0 saturated heterocycles. The lowest BCUT2D eigenvalue weighted by atomic mass is 9.87. The molecule has 0 atom stereocenters. The molecule has 2 aromatic heterocycles. The van der Waals surface area contributed by atoms with Crippen LogP contribution in [0.2, 0.25) is 5.15 Å². The van der Waals surface area contributed by atoms with Crippen LogP contribution < -0.4 is 4.74 Å². The highest BCUT2D eigenvalue weighted by atomic mass is 35.5. The number of ether oxygens (including phenoxy) is 1. The van der Waals surface area contributed by atoms with Gasteiger partial charge in [-0.25, -0.2) is 0 Å². The van der Waals surface area contributed by atoms with Crippen LogP contribution in [0.5, 0.6) is 11.6 Å². The van der Waals surface area contributed by atoms with Gasteiger partial charge in [0.2, 0.25) is 5.88 Å². The number of aromatic nitrogens is 4. The summed E-state index contributed by atoms with van der Waals surface area (Å²) in [4.78, 5) is 8.08. The largest absolute Gasteiger partial charge is 0.439 e. The molecule has 0 spiro atoms. The Bertz CT molecular complexity index is 792. The second-order valence-corrected chi connectivity index (χ2v) is 6.16. The molecule has 0 fully saturated rings. The molecule has 3 rings (SSSR count). The molecule has 0 amide bonds. The number of nitrogens with zero attached hydrogens (tertiary/aromatic N) is 4. The maximum absolute atomic E-state index is 5.98. The summed E-state index contributed by atoms with van der Waals surface area (Å²) in [5.74, 6) is 1.61. The number of hydrogen-bond acceptors (Lipinski definition) is 4. The van der Waals surface area contributed by atoms with E-state index in [4.69, 9.17) is 16.3 Å². The van der Waals surface area contributed by atoms with Gasteiger partial charge in [0.25, 0.3) is 5.78 Å². The van der Waals surface area contributed by atoms with Gasteiger partial charge in [0.1, 0.15) is 17.2 Å². The molecule has 0 N–H and O–H groups in total. The molecule has 0 aliphatic heterocycles. The monoisotopic (exact) mass is 302 g/mol. The highest BCUT2D eigenvalue weighted by Crippen LogP contribution is 2.29. The van der Waals surface area contributed by atoms with E-state index in [9.17, 15) is 0 Å². The van der Waals surface area contributed by atoms with Crippen LogP contribution in [0.25, 0.3) is 5.78 Å². The summed E-state index contributed by atoms with van der Waals surface area (Å²) in [5.41, 5.74) is 1.24. The fourth-order valence-electron chi connectivity index (χ4n) is 1.98. The molecule has 1 aromatic carbocycles. The van der Waals surface area contributed by atoms with Crippen LogP contribution in [0.1, 0.15) is 26.3 Å². The number of rotatable bonds is 2. The van der Waals surface area contributed by atoms with Crippen molar-refractivity contribution in [3.63, 3.8) is 0 Å². The standard InChI is InChI=1S/C15H15ClN4O/c1-15(2,3)10-5-4-6-11(7-10)21-13-8-12(16)19-14-17-9-18-20(13)14/h4-9H,1-3H3. The van der Waals surface area contributed by atoms with Crippen molar-refractivity contribution < 1.29 is 4.74 Å². The minimum Gasteiger partial charge on any atom is -0.439 e. The number of benzene rings is 1. The van der Waals surface area contributed by atoms with Crippen molar-refractivity contribution in [2.24, 2.45) is 0 Å². The molecule has 6 heteroatoms.